The molecule has 0 radical (unpaired) electrons. The normalized spacial score (nSPS) is 14.4. The molecule has 0 saturated carbocycles. The van der Waals surface area contributed by atoms with Crippen molar-refractivity contribution >= 4 is 11.8 Å². The first kappa shape index (κ1) is 19.7. The Morgan fingerprint density at radius 1 is 0.964 bits per heavy atom. The molecule has 1 fully saturated rings. The van der Waals surface area contributed by atoms with Gasteiger partial charge in [0.25, 0.3) is 11.8 Å². The van der Waals surface area contributed by atoms with E-state index >= 15 is 0 Å². The molecule has 0 unspecified atom stereocenters. The Morgan fingerprint density at radius 2 is 1.57 bits per heavy atom. The smallest absolute Gasteiger partial charge is 0.258 e. The molecule has 0 aliphatic carbocycles. The Labute approximate surface area is 165 Å². The molecular formula is C22H26N2O4. The molecule has 1 aliphatic heterocycles. The van der Waals surface area contributed by atoms with Gasteiger partial charge in [-0.1, -0.05) is 30.3 Å². The van der Waals surface area contributed by atoms with Gasteiger partial charge in [0.15, 0.2) is 18.1 Å². The minimum Gasteiger partial charge on any atom is -0.490 e. The fraction of sp³-hybridized carbons (Fsp3) is 0.364. The molecule has 1 saturated heterocycles. The summed E-state index contributed by atoms with van der Waals surface area (Å²) in [6.07, 6.45) is 1.47. The highest BCUT2D eigenvalue weighted by Gasteiger charge is 2.24. The molecule has 148 valence electrons. The third kappa shape index (κ3) is 5.25. The van der Waals surface area contributed by atoms with Gasteiger partial charge < -0.3 is 19.7 Å². The van der Waals surface area contributed by atoms with Crippen molar-refractivity contribution < 1.29 is 19.1 Å². The Hall–Kier alpha value is -3.02. The third-order valence-corrected chi connectivity index (χ3v) is 4.68. The number of amides is 2. The predicted molar refractivity (Wildman–Crippen MR) is 107 cm³/mol. The van der Waals surface area contributed by atoms with Gasteiger partial charge in [-0.15, -0.1) is 0 Å². The lowest BCUT2D eigenvalue weighted by Crippen LogP contribution is -2.47. The summed E-state index contributed by atoms with van der Waals surface area (Å²) < 4.78 is 11.1. The van der Waals surface area contributed by atoms with Crippen LogP contribution in [0.3, 0.4) is 0 Å². The van der Waals surface area contributed by atoms with E-state index in [0.717, 1.165) is 12.8 Å². The minimum absolute atomic E-state index is 0.0428. The average Bonchev–Trinajstić information content (AvgIpc) is 2.74. The maximum absolute atomic E-state index is 12.5. The van der Waals surface area contributed by atoms with E-state index in [4.69, 9.17) is 9.47 Å². The Kier molecular flexibility index (Phi) is 6.89. The van der Waals surface area contributed by atoms with Crippen LogP contribution in [0.25, 0.3) is 0 Å². The predicted octanol–water partition coefficient (Wildman–Crippen LogP) is 2.89. The van der Waals surface area contributed by atoms with E-state index in [1.807, 2.05) is 60.4 Å². The molecule has 3 rings (SSSR count). The van der Waals surface area contributed by atoms with E-state index in [1.54, 1.807) is 6.07 Å². The van der Waals surface area contributed by atoms with Crippen molar-refractivity contribution in [2.75, 3.05) is 26.3 Å². The summed E-state index contributed by atoms with van der Waals surface area (Å²) in [5.41, 5.74) is 0.700. The van der Waals surface area contributed by atoms with Gasteiger partial charge in [-0.05, 0) is 44.0 Å². The fourth-order valence-corrected chi connectivity index (χ4v) is 3.25. The summed E-state index contributed by atoms with van der Waals surface area (Å²) in [6.45, 7) is 3.64. The molecule has 2 amide bonds. The lowest BCUT2D eigenvalue weighted by atomic mass is 10.0. The number of carbonyl (C=O) groups excluding carboxylic acids is 2. The maximum Gasteiger partial charge on any atom is 0.258 e. The lowest BCUT2D eigenvalue weighted by molar-refractivity contribution is -0.124. The average molecular weight is 382 g/mol. The lowest BCUT2D eigenvalue weighted by Gasteiger charge is -2.32. The number of carbonyl (C=O) groups is 2. The summed E-state index contributed by atoms with van der Waals surface area (Å²) >= 11 is 0. The zero-order valence-electron chi connectivity index (χ0n) is 16.1. The van der Waals surface area contributed by atoms with Crippen LogP contribution in [0.5, 0.6) is 11.5 Å². The molecular weight excluding hydrogens is 356 g/mol. The molecule has 0 spiro atoms. The zero-order valence-corrected chi connectivity index (χ0v) is 16.1. The minimum atomic E-state index is -0.167. The molecule has 6 nitrogen and oxygen atoms in total. The Morgan fingerprint density at radius 3 is 2.21 bits per heavy atom. The second-order valence-corrected chi connectivity index (χ2v) is 6.67. The molecule has 2 aromatic carbocycles. The molecule has 1 heterocycles. The topological polar surface area (TPSA) is 67.9 Å². The van der Waals surface area contributed by atoms with Crippen molar-refractivity contribution in [1.82, 2.24) is 10.2 Å². The quantitative estimate of drug-likeness (QED) is 0.800. The van der Waals surface area contributed by atoms with Crippen LogP contribution in [0, 0.1) is 0 Å². The number of hydrogen-bond donors (Lipinski definition) is 1. The van der Waals surface area contributed by atoms with Crippen LogP contribution in [-0.4, -0.2) is 49.1 Å². The number of rotatable bonds is 7. The summed E-state index contributed by atoms with van der Waals surface area (Å²) in [7, 11) is 0. The van der Waals surface area contributed by atoms with E-state index in [1.165, 1.54) is 0 Å². The first-order valence-electron chi connectivity index (χ1n) is 9.65. The van der Waals surface area contributed by atoms with E-state index in [2.05, 4.69) is 5.32 Å². The number of nitrogens with zero attached hydrogens (tertiary/aromatic N) is 1. The second kappa shape index (κ2) is 9.78. The van der Waals surface area contributed by atoms with Gasteiger partial charge in [0.05, 0.1) is 6.61 Å². The van der Waals surface area contributed by atoms with Crippen molar-refractivity contribution in [3.63, 3.8) is 0 Å². The Balaban J connectivity index is 1.43. The van der Waals surface area contributed by atoms with E-state index in [-0.39, 0.29) is 24.5 Å². The molecule has 0 bridgehead atoms. The fourth-order valence-electron chi connectivity index (χ4n) is 3.25. The number of para-hydroxylation sites is 2. The summed E-state index contributed by atoms with van der Waals surface area (Å²) in [5.74, 6) is 1.06. The van der Waals surface area contributed by atoms with Crippen LogP contribution in [0.1, 0.15) is 30.1 Å². The van der Waals surface area contributed by atoms with E-state index in [9.17, 15) is 9.59 Å². The summed E-state index contributed by atoms with van der Waals surface area (Å²) in [5, 5.41) is 3.00. The van der Waals surface area contributed by atoms with Gasteiger partial charge in [0, 0.05) is 24.7 Å². The van der Waals surface area contributed by atoms with Crippen molar-refractivity contribution in [2.24, 2.45) is 0 Å². The number of hydrogen-bond acceptors (Lipinski definition) is 4. The largest absolute Gasteiger partial charge is 0.490 e. The summed E-state index contributed by atoms with van der Waals surface area (Å²) in [6, 6.07) is 16.6. The van der Waals surface area contributed by atoms with Gasteiger partial charge in [0.1, 0.15) is 0 Å². The highest BCUT2D eigenvalue weighted by molar-refractivity contribution is 5.94. The van der Waals surface area contributed by atoms with Crippen molar-refractivity contribution in [3.8, 4) is 11.5 Å². The van der Waals surface area contributed by atoms with Gasteiger partial charge in [-0.2, -0.15) is 0 Å². The molecule has 1 N–H and O–H groups in total. The number of benzene rings is 2. The monoisotopic (exact) mass is 382 g/mol. The first-order chi connectivity index (χ1) is 13.7. The molecule has 1 aliphatic rings. The SMILES string of the molecule is CCOc1ccccc1OCC(=O)NC1CCN(C(=O)c2ccccc2)CC1. The van der Waals surface area contributed by atoms with Gasteiger partial charge in [-0.25, -0.2) is 0 Å². The van der Waals surface area contributed by atoms with Gasteiger partial charge in [0.2, 0.25) is 0 Å². The number of piperidine rings is 1. The molecule has 0 atom stereocenters. The van der Waals surface area contributed by atoms with Crippen LogP contribution in [0.2, 0.25) is 0 Å². The number of likely N-dealkylation sites (tertiary alicyclic amines) is 1. The third-order valence-electron chi connectivity index (χ3n) is 4.68. The molecule has 2 aromatic rings. The highest BCUT2D eigenvalue weighted by Crippen LogP contribution is 2.26. The van der Waals surface area contributed by atoms with Crippen LogP contribution in [0.15, 0.2) is 54.6 Å². The highest BCUT2D eigenvalue weighted by atomic mass is 16.5. The van der Waals surface area contributed by atoms with Crippen molar-refractivity contribution in [3.05, 3.63) is 60.2 Å². The molecule has 0 aromatic heterocycles. The van der Waals surface area contributed by atoms with Crippen LogP contribution < -0.4 is 14.8 Å². The Bertz CT molecular complexity index is 786. The van der Waals surface area contributed by atoms with Crippen LogP contribution >= 0.6 is 0 Å². The zero-order chi connectivity index (χ0) is 19.8. The van der Waals surface area contributed by atoms with E-state index in [0.29, 0.717) is 36.8 Å². The summed E-state index contributed by atoms with van der Waals surface area (Å²) in [4.78, 5) is 26.6. The molecule has 28 heavy (non-hydrogen) atoms. The standard InChI is InChI=1S/C22H26N2O4/c1-2-27-19-10-6-7-11-20(19)28-16-21(25)23-18-12-14-24(15-13-18)22(26)17-8-4-3-5-9-17/h3-11,18H,2,12-16H2,1H3,(H,23,25). The van der Waals surface area contributed by atoms with E-state index < -0.39 is 0 Å². The second-order valence-electron chi connectivity index (χ2n) is 6.67. The first-order valence-corrected chi connectivity index (χ1v) is 9.65. The van der Waals surface area contributed by atoms with Gasteiger partial charge >= 0.3 is 0 Å². The number of nitrogens with one attached hydrogen (secondary N) is 1. The molecule has 6 heteroatoms. The number of ether oxygens (including phenoxy) is 2. The van der Waals surface area contributed by atoms with Crippen LogP contribution in [-0.2, 0) is 4.79 Å². The van der Waals surface area contributed by atoms with Crippen molar-refractivity contribution in [1.29, 1.82) is 0 Å². The van der Waals surface area contributed by atoms with Crippen molar-refractivity contribution in [2.45, 2.75) is 25.8 Å². The van der Waals surface area contributed by atoms with Gasteiger partial charge in [-0.3, -0.25) is 9.59 Å². The maximum atomic E-state index is 12.5. The van der Waals surface area contributed by atoms with Crippen LogP contribution in [0.4, 0.5) is 0 Å².